The predicted molar refractivity (Wildman–Crippen MR) is 76.2 cm³/mol. The van der Waals surface area contributed by atoms with Crippen LogP contribution in [0.1, 0.15) is 33.8 Å². The Labute approximate surface area is 120 Å². The van der Waals surface area contributed by atoms with Gasteiger partial charge in [0.15, 0.2) is 5.69 Å². The summed E-state index contributed by atoms with van der Waals surface area (Å²) < 4.78 is 5.11. The van der Waals surface area contributed by atoms with Gasteiger partial charge < -0.3 is 4.52 Å². The molecule has 0 saturated carbocycles. The van der Waals surface area contributed by atoms with Crippen molar-refractivity contribution in [3.8, 4) is 0 Å². The van der Waals surface area contributed by atoms with Gasteiger partial charge in [-0.05, 0) is 42.5 Å². The highest BCUT2D eigenvalue weighted by Crippen LogP contribution is 2.29. The lowest BCUT2D eigenvalue weighted by atomic mass is 10.1. The van der Waals surface area contributed by atoms with Crippen LogP contribution < -0.4 is 11.3 Å². The van der Waals surface area contributed by atoms with Gasteiger partial charge in [0, 0.05) is 11.0 Å². The molecule has 0 atom stereocenters. The Morgan fingerprint density at radius 1 is 1.35 bits per heavy atom. The number of hydrazine groups is 1. The lowest BCUT2D eigenvalue weighted by Crippen LogP contribution is -2.30. The third-order valence-electron chi connectivity index (χ3n) is 3.37. The molecule has 0 spiro atoms. The van der Waals surface area contributed by atoms with Crippen LogP contribution in [0.3, 0.4) is 0 Å². The summed E-state index contributed by atoms with van der Waals surface area (Å²) in [6.45, 7) is 0. The minimum absolute atomic E-state index is 0.206. The predicted octanol–water partition coefficient (Wildman–Crippen LogP) is 2.06. The average molecular weight is 289 g/mol. The molecule has 104 valence electrons. The fourth-order valence-electron chi connectivity index (χ4n) is 2.35. The van der Waals surface area contributed by atoms with Gasteiger partial charge in [-0.2, -0.15) is 0 Å². The molecular formula is C14H15N3O2S. The molecule has 1 amide bonds. The summed E-state index contributed by atoms with van der Waals surface area (Å²) in [5.74, 6) is 5.91. The molecule has 0 fully saturated rings. The van der Waals surface area contributed by atoms with Crippen LogP contribution in [0.15, 0.2) is 33.7 Å². The molecule has 6 heteroatoms. The first-order valence-electron chi connectivity index (χ1n) is 6.47. The zero-order valence-corrected chi connectivity index (χ0v) is 11.7. The quantitative estimate of drug-likeness (QED) is 0.390. The Morgan fingerprint density at radius 2 is 2.20 bits per heavy atom. The number of rotatable bonds is 4. The largest absolute Gasteiger partial charge is 0.360 e. The molecule has 2 aromatic rings. The lowest BCUT2D eigenvalue weighted by molar-refractivity contribution is 0.0944. The second kappa shape index (κ2) is 5.68. The third kappa shape index (κ3) is 2.71. The second-order valence-corrected chi connectivity index (χ2v) is 5.77. The molecule has 0 saturated heterocycles. The molecule has 1 heterocycles. The summed E-state index contributed by atoms with van der Waals surface area (Å²) in [5.41, 5.74) is 5.16. The molecule has 0 aliphatic heterocycles. The molecule has 20 heavy (non-hydrogen) atoms. The summed E-state index contributed by atoms with van der Waals surface area (Å²) >= 11 is 1.68. The molecule has 0 unspecified atom stereocenters. The maximum Gasteiger partial charge on any atom is 0.287 e. The van der Waals surface area contributed by atoms with Gasteiger partial charge in [-0.25, -0.2) is 5.84 Å². The van der Waals surface area contributed by atoms with Gasteiger partial charge in [-0.15, -0.1) is 11.8 Å². The van der Waals surface area contributed by atoms with Crippen molar-refractivity contribution >= 4 is 17.7 Å². The summed E-state index contributed by atoms with van der Waals surface area (Å²) in [7, 11) is 0. The molecule has 3 N–H and O–H groups in total. The number of carbonyl (C=O) groups excluding carboxylic acids is 1. The van der Waals surface area contributed by atoms with Gasteiger partial charge >= 0.3 is 0 Å². The van der Waals surface area contributed by atoms with Crippen molar-refractivity contribution in [1.29, 1.82) is 0 Å². The maximum absolute atomic E-state index is 11.3. The van der Waals surface area contributed by atoms with Crippen LogP contribution in [0.4, 0.5) is 0 Å². The normalized spacial score (nSPS) is 13.2. The van der Waals surface area contributed by atoms with Crippen molar-refractivity contribution in [2.45, 2.75) is 29.9 Å². The molecule has 3 rings (SSSR count). The molecule has 1 aromatic carbocycles. The molecule has 1 aromatic heterocycles. The number of nitrogens with zero attached hydrogens (tertiary/aromatic N) is 1. The van der Waals surface area contributed by atoms with Crippen LogP contribution in [-0.2, 0) is 18.6 Å². The van der Waals surface area contributed by atoms with E-state index in [0.29, 0.717) is 11.5 Å². The van der Waals surface area contributed by atoms with Gasteiger partial charge in [0.25, 0.3) is 5.91 Å². The van der Waals surface area contributed by atoms with Gasteiger partial charge in [0.2, 0.25) is 0 Å². The SMILES string of the molecule is NNC(=O)c1cc(CSc2ccc3c(c2)CCC3)on1. The van der Waals surface area contributed by atoms with Crippen LogP contribution in [0, 0.1) is 0 Å². The number of hydrogen-bond donors (Lipinski definition) is 2. The van der Waals surface area contributed by atoms with Crippen LogP contribution in [0.5, 0.6) is 0 Å². The highest BCUT2D eigenvalue weighted by Gasteiger charge is 2.13. The Bertz CT molecular complexity index is 639. The zero-order chi connectivity index (χ0) is 13.9. The third-order valence-corrected chi connectivity index (χ3v) is 4.39. The second-order valence-electron chi connectivity index (χ2n) is 4.72. The minimum atomic E-state index is -0.442. The summed E-state index contributed by atoms with van der Waals surface area (Å²) in [6.07, 6.45) is 3.62. The maximum atomic E-state index is 11.3. The molecule has 1 aliphatic carbocycles. The van der Waals surface area contributed by atoms with E-state index in [1.807, 2.05) is 5.43 Å². The molecule has 1 aliphatic rings. The van der Waals surface area contributed by atoms with Crippen molar-refractivity contribution in [2.75, 3.05) is 0 Å². The number of nitrogen functional groups attached to an aromatic ring is 1. The van der Waals surface area contributed by atoms with E-state index in [4.69, 9.17) is 10.4 Å². The van der Waals surface area contributed by atoms with Gasteiger partial charge in [-0.3, -0.25) is 10.2 Å². The van der Waals surface area contributed by atoms with E-state index in [-0.39, 0.29) is 5.69 Å². The van der Waals surface area contributed by atoms with Gasteiger partial charge in [-0.1, -0.05) is 11.2 Å². The van der Waals surface area contributed by atoms with E-state index in [9.17, 15) is 4.79 Å². The Hall–Kier alpha value is -1.79. The van der Waals surface area contributed by atoms with Crippen molar-refractivity contribution in [1.82, 2.24) is 10.6 Å². The van der Waals surface area contributed by atoms with Crippen LogP contribution in [-0.4, -0.2) is 11.1 Å². The smallest absolute Gasteiger partial charge is 0.287 e. The van der Waals surface area contributed by atoms with Crippen LogP contribution in [0.2, 0.25) is 0 Å². The fraction of sp³-hybridized carbons (Fsp3) is 0.286. The highest BCUT2D eigenvalue weighted by atomic mass is 32.2. The Kier molecular flexibility index (Phi) is 3.75. The number of fused-ring (bicyclic) bond motifs is 1. The monoisotopic (exact) mass is 289 g/mol. The Morgan fingerprint density at radius 3 is 3.05 bits per heavy atom. The van der Waals surface area contributed by atoms with E-state index in [1.165, 1.54) is 35.3 Å². The number of aromatic nitrogens is 1. The average Bonchev–Trinajstić information content (AvgIpc) is 3.12. The standard InChI is InChI=1S/C14H15N3O2S/c15-16-14(18)13-7-11(19-17-13)8-20-12-5-4-9-2-1-3-10(9)6-12/h4-7H,1-3,8,15H2,(H,16,18). The van der Waals surface area contributed by atoms with Crippen molar-refractivity contribution in [2.24, 2.45) is 5.84 Å². The molecule has 0 radical (unpaired) electrons. The lowest BCUT2D eigenvalue weighted by Gasteiger charge is -2.03. The summed E-state index contributed by atoms with van der Waals surface area (Å²) in [6, 6.07) is 8.20. The van der Waals surface area contributed by atoms with E-state index < -0.39 is 5.91 Å². The first-order chi connectivity index (χ1) is 9.76. The zero-order valence-electron chi connectivity index (χ0n) is 10.9. The van der Waals surface area contributed by atoms with E-state index in [0.717, 1.165) is 0 Å². The van der Waals surface area contributed by atoms with E-state index in [1.54, 1.807) is 17.8 Å². The number of hydrogen-bond acceptors (Lipinski definition) is 5. The fourth-order valence-corrected chi connectivity index (χ4v) is 3.19. The van der Waals surface area contributed by atoms with Crippen molar-refractivity contribution in [3.05, 3.63) is 46.8 Å². The number of aryl methyl sites for hydroxylation is 2. The first-order valence-corrected chi connectivity index (χ1v) is 7.46. The van der Waals surface area contributed by atoms with E-state index in [2.05, 4.69) is 23.4 Å². The minimum Gasteiger partial charge on any atom is -0.360 e. The summed E-state index contributed by atoms with van der Waals surface area (Å²) in [4.78, 5) is 12.5. The topological polar surface area (TPSA) is 81.1 Å². The highest BCUT2D eigenvalue weighted by molar-refractivity contribution is 7.98. The van der Waals surface area contributed by atoms with Gasteiger partial charge in [0.1, 0.15) is 5.76 Å². The number of amides is 1. The van der Waals surface area contributed by atoms with Crippen LogP contribution in [0.25, 0.3) is 0 Å². The molecule has 5 nitrogen and oxygen atoms in total. The number of benzene rings is 1. The number of nitrogens with two attached hydrogens (primary N) is 1. The number of carbonyl (C=O) groups is 1. The van der Waals surface area contributed by atoms with E-state index >= 15 is 0 Å². The Balaban J connectivity index is 1.64. The van der Waals surface area contributed by atoms with Crippen LogP contribution >= 0.6 is 11.8 Å². The molecular weight excluding hydrogens is 274 g/mol. The van der Waals surface area contributed by atoms with Crippen molar-refractivity contribution < 1.29 is 9.32 Å². The van der Waals surface area contributed by atoms with Crippen molar-refractivity contribution in [3.63, 3.8) is 0 Å². The number of nitrogens with one attached hydrogen (secondary N) is 1. The summed E-state index contributed by atoms with van der Waals surface area (Å²) in [5, 5.41) is 3.68. The first kappa shape index (κ1) is 13.2. The molecule has 0 bridgehead atoms. The number of thioether (sulfide) groups is 1. The van der Waals surface area contributed by atoms with Gasteiger partial charge in [0.05, 0.1) is 5.75 Å².